The zero-order valence-electron chi connectivity index (χ0n) is 12.9. The maximum atomic E-state index is 12.4. The molecule has 0 aliphatic rings. The van der Waals surface area contributed by atoms with Crippen LogP contribution in [0, 0.1) is 0 Å². The highest BCUT2D eigenvalue weighted by Crippen LogP contribution is 2.27. The fourth-order valence-corrected chi connectivity index (χ4v) is 2.94. The van der Waals surface area contributed by atoms with Gasteiger partial charge in [-0.25, -0.2) is 0 Å². The van der Waals surface area contributed by atoms with E-state index in [4.69, 9.17) is 27.9 Å². The van der Waals surface area contributed by atoms with Crippen molar-refractivity contribution in [2.24, 2.45) is 0 Å². The van der Waals surface area contributed by atoms with Crippen molar-refractivity contribution in [3.63, 3.8) is 0 Å². The third-order valence-corrected chi connectivity index (χ3v) is 3.99. The molecule has 3 nitrogen and oxygen atoms in total. The Morgan fingerprint density at radius 2 is 1.67 bits per heavy atom. The van der Waals surface area contributed by atoms with Crippen molar-refractivity contribution in [2.45, 2.75) is 13.0 Å². The number of hydrogen-bond donors (Lipinski definition) is 1. The van der Waals surface area contributed by atoms with Gasteiger partial charge >= 0.3 is 0 Å². The molecule has 0 radical (unpaired) electrons. The number of halogens is 2. The lowest BCUT2D eigenvalue weighted by Gasteiger charge is -2.16. The average molecular weight is 360 g/mol. The smallest absolute Gasteiger partial charge is 0.265 e. The Hall–Kier alpha value is -2.23. The number of anilines is 1. The van der Waals surface area contributed by atoms with Crippen molar-refractivity contribution >= 4 is 45.6 Å². The van der Waals surface area contributed by atoms with Crippen LogP contribution in [-0.4, -0.2) is 12.0 Å². The topological polar surface area (TPSA) is 38.3 Å². The van der Waals surface area contributed by atoms with Crippen LogP contribution in [0.3, 0.4) is 0 Å². The molecule has 0 heterocycles. The van der Waals surface area contributed by atoms with Crippen LogP contribution in [0.4, 0.5) is 5.69 Å². The van der Waals surface area contributed by atoms with Crippen LogP contribution in [0.5, 0.6) is 5.75 Å². The van der Waals surface area contributed by atoms with Crippen LogP contribution in [-0.2, 0) is 4.79 Å². The first kappa shape index (κ1) is 16.6. The minimum absolute atomic E-state index is 0.277. The summed E-state index contributed by atoms with van der Waals surface area (Å²) in [5.74, 6) is 0.390. The van der Waals surface area contributed by atoms with E-state index in [1.165, 1.54) is 0 Å². The summed E-state index contributed by atoms with van der Waals surface area (Å²) in [6, 6.07) is 18.5. The van der Waals surface area contributed by atoms with E-state index in [-0.39, 0.29) is 5.91 Å². The van der Waals surface area contributed by atoms with Crippen molar-refractivity contribution < 1.29 is 9.53 Å². The Bertz CT molecular complexity index is 870. The molecule has 0 saturated heterocycles. The summed E-state index contributed by atoms with van der Waals surface area (Å²) >= 11 is 11.9. The zero-order valence-corrected chi connectivity index (χ0v) is 14.4. The van der Waals surface area contributed by atoms with E-state index < -0.39 is 6.10 Å². The number of benzene rings is 3. The lowest BCUT2D eigenvalue weighted by Crippen LogP contribution is -2.30. The van der Waals surface area contributed by atoms with Gasteiger partial charge < -0.3 is 10.1 Å². The highest BCUT2D eigenvalue weighted by molar-refractivity contribution is 6.35. The molecule has 3 aromatic carbocycles. The fourth-order valence-electron chi connectivity index (χ4n) is 2.41. The second kappa shape index (κ2) is 7.12. The Labute approximate surface area is 150 Å². The molecule has 0 aromatic heterocycles. The largest absolute Gasteiger partial charge is 0.480 e. The molecule has 0 saturated carbocycles. The summed E-state index contributed by atoms with van der Waals surface area (Å²) in [4.78, 5) is 12.4. The molecular formula is C19H15Cl2NO2. The molecule has 1 amide bonds. The van der Waals surface area contributed by atoms with Crippen LogP contribution >= 0.6 is 23.2 Å². The van der Waals surface area contributed by atoms with Crippen molar-refractivity contribution in [3.8, 4) is 5.75 Å². The van der Waals surface area contributed by atoms with Gasteiger partial charge in [0.1, 0.15) is 5.75 Å². The van der Waals surface area contributed by atoms with E-state index in [2.05, 4.69) is 5.32 Å². The van der Waals surface area contributed by atoms with Crippen LogP contribution in [0.2, 0.25) is 10.0 Å². The second-order valence-electron chi connectivity index (χ2n) is 5.38. The average Bonchev–Trinajstić information content (AvgIpc) is 2.54. The highest BCUT2D eigenvalue weighted by Gasteiger charge is 2.16. The molecule has 1 atom stereocenters. The molecule has 0 aliphatic heterocycles. The van der Waals surface area contributed by atoms with E-state index in [1.54, 1.807) is 25.1 Å². The van der Waals surface area contributed by atoms with Gasteiger partial charge in [0.2, 0.25) is 0 Å². The summed E-state index contributed by atoms with van der Waals surface area (Å²) in [7, 11) is 0. The Balaban J connectivity index is 1.76. The van der Waals surface area contributed by atoms with Crippen LogP contribution < -0.4 is 10.1 Å². The van der Waals surface area contributed by atoms with Crippen molar-refractivity contribution in [1.82, 2.24) is 0 Å². The van der Waals surface area contributed by atoms with E-state index in [0.29, 0.717) is 21.5 Å². The molecule has 0 spiro atoms. The Kier molecular flexibility index (Phi) is 4.93. The number of rotatable bonds is 4. The van der Waals surface area contributed by atoms with E-state index >= 15 is 0 Å². The standard InChI is InChI=1S/C19H15Cl2NO2/c1-12(19(23)22-16-10-14(20)9-15(21)11-16)24-18-8-4-6-13-5-2-3-7-17(13)18/h2-12H,1H3,(H,22,23)/t12-/m1/s1. The molecule has 0 fully saturated rings. The van der Waals surface area contributed by atoms with Crippen molar-refractivity contribution in [2.75, 3.05) is 5.32 Å². The number of hydrogen-bond acceptors (Lipinski definition) is 2. The van der Waals surface area contributed by atoms with Crippen LogP contribution in [0.15, 0.2) is 60.7 Å². The number of amides is 1. The Morgan fingerprint density at radius 3 is 2.42 bits per heavy atom. The van der Waals surface area contributed by atoms with Crippen molar-refractivity contribution in [3.05, 3.63) is 70.7 Å². The molecule has 1 N–H and O–H groups in total. The summed E-state index contributed by atoms with van der Waals surface area (Å²) in [6.45, 7) is 1.70. The quantitative estimate of drug-likeness (QED) is 0.662. The lowest BCUT2D eigenvalue weighted by atomic mass is 10.1. The third kappa shape index (κ3) is 3.81. The maximum absolute atomic E-state index is 12.4. The molecule has 0 bridgehead atoms. The van der Waals surface area contributed by atoms with Gasteiger partial charge in [-0.1, -0.05) is 59.6 Å². The first-order valence-electron chi connectivity index (χ1n) is 7.44. The number of carbonyl (C=O) groups excluding carboxylic acids is 1. The first-order valence-corrected chi connectivity index (χ1v) is 8.20. The molecule has 5 heteroatoms. The zero-order chi connectivity index (χ0) is 17.1. The first-order chi connectivity index (χ1) is 11.5. The van der Waals surface area contributed by atoms with Crippen LogP contribution in [0.25, 0.3) is 10.8 Å². The van der Waals surface area contributed by atoms with Crippen LogP contribution in [0.1, 0.15) is 6.92 Å². The SMILES string of the molecule is C[C@@H](Oc1cccc2ccccc12)C(=O)Nc1cc(Cl)cc(Cl)c1. The molecule has 3 aromatic rings. The molecule has 24 heavy (non-hydrogen) atoms. The second-order valence-corrected chi connectivity index (χ2v) is 6.26. The monoisotopic (exact) mass is 359 g/mol. The summed E-state index contributed by atoms with van der Waals surface area (Å²) < 4.78 is 5.84. The van der Waals surface area contributed by atoms with Crippen molar-refractivity contribution in [1.29, 1.82) is 0 Å². The van der Waals surface area contributed by atoms with Gasteiger partial charge in [-0.2, -0.15) is 0 Å². The van der Waals surface area contributed by atoms with Gasteiger partial charge in [-0.05, 0) is 36.6 Å². The van der Waals surface area contributed by atoms with Gasteiger partial charge in [0.15, 0.2) is 6.10 Å². The summed E-state index contributed by atoms with van der Waals surface area (Å²) in [5.41, 5.74) is 0.533. The Morgan fingerprint density at radius 1 is 1.00 bits per heavy atom. The summed E-state index contributed by atoms with van der Waals surface area (Å²) in [6.07, 6.45) is -0.673. The predicted molar refractivity (Wildman–Crippen MR) is 99.1 cm³/mol. The van der Waals surface area contributed by atoms with E-state index in [9.17, 15) is 4.79 Å². The van der Waals surface area contributed by atoms with Gasteiger partial charge in [-0.15, -0.1) is 0 Å². The number of ether oxygens (including phenoxy) is 1. The maximum Gasteiger partial charge on any atom is 0.265 e. The normalized spacial score (nSPS) is 12.0. The van der Waals surface area contributed by atoms with Gasteiger partial charge in [-0.3, -0.25) is 4.79 Å². The fraction of sp³-hybridized carbons (Fsp3) is 0.105. The number of nitrogens with one attached hydrogen (secondary N) is 1. The molecular weight excluding hydrogens is 345 g/mol. The molecule has 122 valence electrons. The van der Waals surface area contributed by atoms with Gasteiger partial charge in [0, 0.05) is 21.1 Å². The van der Waals surface area contributed by atoms with Gasteiger partial charge in [0.25, 0.3) is 5.91 Å². The molecule has 0 unspecified atom stereocenters. The minimum atomic E-state index is -0.673. The predicted octanol–water partition coefficient (Wildman–Crippen LogP) is 5.55. The number of carbonyl (C=O) groups is 1. The van der Waals surface area contributed by atoms with Gasteiger partial charge in [0.05, 0.1) is 0 Å². The third-order valence-electron chi connectivity index (χ3n) is 3.55. The van der Waals surface area contributed by atoms with E-state index in [1.807, 2.05) is 42.5 Å². The lowest BCUT2D eigenvalue weighted by molar-refractivity contribution is -0.122. The highest BCUT2D eigenvalue weighted by atomic mass is 35.5. The molecule has 3 rings (SSSR count). The summed E-state index contributed by atoms with van der Waals surface area (Å²) in [5, 5.41) is 5.70. The van der Waals surface area contributed by atoms with E-state index in [0.717, 1.165) is 10.8 Å². The minimum Gasteiger partial charge on any atom is -0.480 e. The number of fused-ring (bicyclic) bond motifs is 1. The molecule has 0 aliphatic carbocycles.